The molecular formula is C27H40O8. The maximum atomic E-state index is 13.0. The third-order valence-corrected chi connectivity index (χ3v) is 7.94. The Hall–Kier alpha value is -1.55. The van der Waals surface area contributed by atoms with Crippen LogP contribution in [0.25, 0.3) is 0 Å². The summed E-state index contributed by atoms with van der Waals surface area (Å²) < 4.78 is 29.7. The SMILES string of the molecule is COC1CCCCC(c2ccccc2)OC(=O)CC2(O)CC(O)C(C)C(O2)C(C)C2OC2C1OC. The average molecular weight is 493 g/mol. The van der Waals surface area contributed by atoms with Crippen molar-refractivity contribution < 1.29 is 38.7 Å². The Morgan fingerprint density at radius 1 is 0.971 bits per heavy atom. The van der Waals surface area contributed by atoms with E-state index in [4.69, 9.17) is 23.7 Å². The van der Waals surface area contributed by atoms with Crippen LogP contribution in [-0.2, 0) is 28.5 Å². The molecule has 0 spiro atoms. The number of carbonyl (C=O) groups is 1. The standard InChI is InChI=1S/C27H40O8/c1-16-19(28)14-27(30)15-22(29)33-20(18-10-6-5-7-11-18)12-8-9-13-21(31-3)25(32-4)26-24(34-26)17(2)23(16)35-27/h5-7,10-11,16-17,19-21,23-26,28,30H,8-9,12-15H2,1-4H3. The summed E-state index contributed by atoms with van der Waals surface area (Å²) in [6.07, 6.45) is 0.324. The maximum Gasteiger partial charge on any atom is 0.311 e. The molecule has 0 saturated carbocycles. The molecule has 8 heteroatoms. The fourth-order valence-electron chi connectivity index (χ4n) is 5.83. The lowest BCUT2D eigenvalue weighted by Gasteiger charge is -2.45. The van der Waals surface area contributed by atoms with Gasteiger partial charge in [-0.3, -0.25) is 4.79 Å². The number of aliphatic hydroxyl groups is 2. The number of cyclic esters (lactones) is 1. The van der Waals surface area contributed by atoms with Gasteiger partial charge < -0.3 is 33.9 Å². The number of esters is 1. The van der Waals surface area contributed by atoms with E-state index in [-0.39, 0.29) is 49.1 Å². The minimum absolute atomic E-state index is 0.0517. The van der Waals surface area contributed by atoms with Crippen molar-refractivity contribution in [1.82, 2.24) is 0 Å². The zero-order chi connectivity index (χ0) is 25.2. The van der Waals surface area contributed by atoms with Crippen LogP contribution in [0.15, 0.2) is 30.3 Å². The van der Waals surface area contributed by atoms with Gasteiger partial charge in [-0.15, -0.1) is 0 Å². The lowest BCUT2D eigenvalue weighted by Crippen LogP contribution is -2.54. The predicted octanol–water partition coefficient (Wildman–Crippen LogP) is 3.14. The molecule has 2 bridgehead atoms. The van der Waals surface area contributed by atoms with E-state index in [0.717, 1.165) is 24.8 Å². The quantitative estimate of drug-likeness (QED) is 0.490. The van der Waals surface area contributed by atoms with Crippen LogP contribution in [0.4, 0.5) is 0 Å². The minimum atomic E-state index is -1.81. The molecule has 10 unspecified atom stereocenters. The fraction of sp³-hybridized carbons (Fsp3) is 0.741. The van der Waals surface area contributed by atoms with E-state index in [1.165, 1.54) is 0 Å². The molecule has 8 nitrogen and oxygen atoms in total. The Labute approximate surface area is 207 Å². The van der Waals surface area contributed by atoms with Gasteiger partial charge >= 0.3 is 5.97 Å². The highest BCUT2D eigenvalue weighted by Crippen LogP contribution is 2.44. The summed E-state index contributed by atoms with van der Waals surface area (Å²) >= 11 is 0. The lowest BCUT2D eigenvalue weighted by atomic mass is 9.80. The average Bonchev–Trinajstić information content (AvgIpc) is 3.62. The van der Waals surface area contributed by atoms with Crippen LogP contribution >= 0.6 is 0 Å². The van der Waals surface area contributed by atoms with Crippen molar-refractivity contribution in [3.05, 3.63) is 35.9 Å². The van der Waals surface area contributed by atoms with Crippen molar-refractivity contribution in [3.63, 3.8) is 0 Å². The number of benzene rings is 1. The van der Waals surface area contributed by atoms with Crippen LogP contribution in [0, 0.1) is 11.8 Å². The van der Waals surface area contributed by atoms with Crippen LogP contribution in [0.3, 0.4) is 0 Å². The highest BCUT2D eigenvalue weighted by atomic mass is 16.7. The van der Waals surface area contributed by atoms with Gasteiger partial charge in [0, 0.05) is 32.5 Å². The molecule has 3 heterocycles. The van der Waals surface area contributed by atoms with Gasteiger partial charge in [-0.2, -0.15) is 0 Å². The minimum Gasteiger partial charge on any atom is -0.457 e. The van der Waals surface area contributed by atoms with Crippen molar-refractivity contribution in [3.8, 4) is 0 Å². The van der Waals surface area contributed by atoms with Gasteiger partial charge in [0.1, 0.15) is 18.3 Å². The van der Waals surface area contributed by atoms with E-state index in [1.54, 1.807) is 14.2 Å². The second-order valence-corrected chi connectivity index (χ2v) is 10.4. The zero-order valence-corrected chi connectivity index (χ0v) is 21.2. The Morgan fingerprint density at radius 3 is 2.37 bits per heavy atom. The molecule has 3 aliphatic rings. The van der Waals surface area contributed by atoms with Gasteiger partial charge in [-0.25, -0.2) is 0 Å². The molecule has 3 saturated heterocycles. The smallest absolute Gasteiger partial charge is 0.311 e. The van der Waals surface area contributed by atoms with E-state index >= 15 is 0 Å². The maximum absolute atomic E-state index is 13.0. The Balaban J connectivity index is 1.60. The molecule has 3 aliphatic heterocycles. The van der Waals surface area contributed by atoms with Crippen molar-refractivity contribution in [2.75, 3.05) is 14.2 Å². The normalized spacial score (nSPS) is 43.1. The molecule has 2 N–H and O–H groups in total. The van der Waals surface area contributed by atoms with Crippen molar-refractivity contribution in [2.24, 2.45) is 11.8 Å². The molecule has 0 amide bonds. The number of aliphatic hydroxyl groups excluding tert-OH is 1. The molecule has 0 aliphatic carbocycles. The molecule has 1 aromatic carbocycles. The van der Waals surface area contributed by atoms with E-state index in [1.807, 2.05) is 44.2 Å². The lowest BCUT2D eigenvalue weighted by molar-refractivity contribution is -0.299. The second-order valence-electron chi connectivity index (χ2n) is 10.4. The number of hydrogen-bond acceptors (Lipinski definition) is 8. The molecule has 196 valence electrons. The number of carbonyl (C=O) groups excluding carboxylic acids is 1. The predicted molar refractivity (Wildman–Crippen MR) is 127 cm³/mol. The molecule has 3 fully saturated rings. The first-order valence-electron chi connectivity index (χ1n) is 12.8. The third-order valence-electron chi connectivity index (χ3n) is 7.94. The number of methoxy groups -OCH3 is 2. The highest BCUT2D eigenvalue weighted by molar-refractivity contribution is 5.70. The first kappa shape index (κ1) is 26.5. The summed E-state index contributed by atoms with van der Waals surface area (Å²) in [5.41, 5.74) is 0.908. The molecule has 4 rings (SSSR count). The summed E-state index contributed by atoms with van der Waals surface area (Å²) in [7, 11) is 3.36. The number of epoxide rings is 1. The molecule has 10 atom stereocenters. The Morgan fingerprint density at radius 2 is 1.69 bits per heavy atom. The van der Waals surface area contributed by atoms with E-state index < -0.39 is 30.1 Å². The van der Waals surface area contributed by atoms with Gasteiger partial charge in [0.2, 0.25) is 0 Å². The van der Waals surface area contributed by atoms with Gasteiger partial charge in [0.15, 0.2) is 5.79 Å². The van der Waals surface area contributed by atoms with Gasteiger partial charge in [0.05, 0.1) is 30.8 Å². The van der Waals surface area contributed by atoms with Crippen molar-refractivity contribution in [1.29, 1.82) is 0 Å². The largest absolute Gasteiger partial charge is 0.457 e. The van der Waals surface area contributed by atoms with E-state index in [2.05, 4.69) is 0 Å². The highest BCUT2D eigenvalue weighted by Gasteiger charge is 2.56. The fourth-order valence-corrected chi connectivity index (χ4v) is 5.83. The van der Waals surface area contributed by atoms with Crippen molar-refractivity contribution in [2.45, 2.75) is 101 Å². The summed E-state index contributed by atoms with van der Waals surface area (Å²) in [5.74, 6) is -2.72. The van der Waals surface area contributed by atoms with Gasteiger partial charge in [-0.05, 0) is 24.8 Å². The summed E-state index contributed by atoms with van der Waals surface area (Å²) in [5, 5.41) is 22.0. The van der Waals surface area contributed by atoms with Crippen LogP contribution in [0.5, 0.6) is 0 Å². The first-order valence-corrected chi connectivity index (χ1v) is 12.8. The Bertz CT molecular complexity index is 834. The summed E-state index contributed by atoms with van der Waals surface area (Å²) in [6.45, 7) is 3.89. The third kappa shape index (κ3) is 6.06. The molecular weight excluding hydrogens is 452 g/mol. The molecule has 0 radical (unpaired) electrons. The number of fused-ring (bicyclic) bond motifs is 3. The summed E-state index contributed by atoms with van der Waals surface area (Å²) in [6, 6.07) is 9.63. The second kappa shape index (κ2) is 11.2. The van der Waals surface area contributed by atoms with Crippen molar-refractivity contribution >= 4 is 5.97 Å². The Kier molecular flexibility index (Phi) is 8.51. The van der Waals surface area contributed by atoms with Gasteiger partial charge in [0.25, 0.3) is 0 Å². The zero-order valence-electron chi connectivity index (χ0n) is 21.2. The van der Waals surface area contributed by atoms with Crippen LogP contribution in [-0.4, -0.2) is 72.8 Å². The number of ether oxygens (including phenoxy) is 5. The molecule has 35 heavy (non-hydrogen) atoms. The van der Waals surface area contributed by atoms with Crippen LogP contribution in [0.2, 0.25) is 0 Å². The topological polar surface area (TPSA) is 107 Å². The first-order chi connectivity index (χ1) is 16.8. The van der Waals surface area contributed by atoms with E-state index in [0.29, 0.717) is 6.42 Å². The van der Waals surface area contributed by atoms with E-state index in [9.17, 15) is 15.0 Å². The van der Waals surface area contributed by atoms with Crippen LogP contribution < -0.4 is 0 Å². The number of rotatable bonds is 3. The summed E-state index contributed by atoms with van der Waals surface area (Å²) in [4.78, 5) is 13.0. The van der Waals surface area contributed by atoms with Gasteiger partial charge in [-0.1, -0.05) is 50.6 Å². The molecule has 0 aromatic heterocycles. The molecule has 1 aromatic rings. The number of hydrogen-bond donors (Lipinski definition) is 2. The monoisotopic (exact) mass is 492 g/mol. The van der Waals surface area contributed by atoms with Crippen LogP contribution in [0.1, 0.15) is 64.0 Å².